The maximum atomic E-state index is 14.1. The zero-order valence-corrected chi connectivity index (χ0v) is 34.0. The third-order valence-corrected chi connectivity index (χ3v) is 11.8. The number of aliphatic hydroxyl groups is 2. The van der Waals surface area contributed by atoms with E-state index in [4.69, 9.17) is 38.4 Å². The lowest BCUT2D eigenvalue weighted by molar-refractivity contribution is -0.254. The monoisotopic (exact) mass is 802 g/mol. The number of hydrogen-bond acceptors (Lipinski definition) is 11. The minimum Gasteiger partial charge on any atom is -0.490 e. The lowest BCUT2D eigenvalue weighted by atomic mass is 9.55. The molecule has 2 N–H and O–H groups in total. The van der Waals surface area contributed by atoms with Gasteiger partial charge in [-0.05, 0) is 79.7 Å². The molecule has 2 aromatic rings. The number of nitrogens with zero attached hydrogens (tertiary/aromatic N) is 2. The SMILES string of the molecule is C=CCOc1ccc2c(c1)C1C(CCCCO)C(CCCCO)C=C3C(=NOC4CCCCO4)CC(N(C)C(=O)OCCOCc4ccccc4)C(OCC=C)(O2)C31. The van der Waals surface area contributed by atoms with Gasteiger partial charge in [0.2, 0.25) is 12.1 Å². The van der Waals surface area contributed by atoms with Crippen molar-refractivity contribution < 1.29 is 48.3 Å². The van der Waals surface area contributed by atoms with Gasteiger partial charge in [0, 0.05) is 44.6 Å². The summed E-state index contributed by atoms with van der Waals surface area (Å²) in [7, 11) is 1.72. The molecule has 2 heterocycles. The highest BCUT2D eigenvalue weighted by Gasteiger charge is 2.65. The van der Waals surface area contributed by atoms with Crippen molar-refractivity contribution in [1.82, 2.24) is 4.90 Å². The highest BCUT2D eigenvalue weighted by Crippen LogP contribution is 2.61. The first-order valence-electron chi connectivity index (χ1n) is 21.0. The van der Waals surface area contributed by atoms with Crippen LogP contribution in [0.25, 0.3) is 0 Å². The van der Waals surface area contributed by atoms with Crippen LogP contribution in [0.3, 0.4) is 0 Å². The number of carbonyl (C=O) groups is 1. The molecule has 0 aromatic heterocycles. The fourth-order valence-corrected chi connectivity index (χ4v) is 9.07. The van der Waals surface area contributed by atoms with Crippen LogP contribution in [0.2, 0.25) is 0 Å². The molecule has 316 valence electrons. The molecule has 0 radical (unpaired) electrons. The third-order valence-electron chi connectivity index (χ3n) is 11.8. The summed E-state index contributed by atoms with van der Waals surface area (Å²) in [6.45, 7) is 9.87. The van der Waals surface area contributed by atoms with Crippen molar-refractivity contribution in [3.63, 3.8) is 0 Å². The van der Waals surface area contributed by atoms with Gasteiger partial charge in [-0.3, -0.25) is 0 Å². The number of rotatable bonds is 22. The second-order valence-corrected chi connectivity index (χ2v) is 15.5. The molecular weight excluding hydrogens is 741 g/mol. The van der Waals surface area contributed by atoms with Gasteiger partial charge in [0.25, 0.3) is 0 Å². The Morgan fingerprint density at radius 2 is 1.79 bits per heavy atom. The van der Waals surface area contributed by atoms with E-state index in [-0.39, 0.29) is 57.2 Å². The van der Waals surface area contributed by atoms with Gasteiger partial charge in [-0.25, -0.2) is 4.79 Å². The van der Waals surface area contributed by atoms with Crippen molar-refractivity contribution >= 4 is 11.8 Å². The number of aliphatic hydroxyl groups excluding tert-OH is 2. The van der Waals surface area contributed by atoms with Gasteiger partial charge in [-0.2, -0.15) is 0 Å². The number of amides is 1. The maximum absolute atomic E-state index is 14.1. The number of carbonyl (C=O) groups excluding carboxylic acids is 1. The number of fused-ring (bicyclic) bond motifs is 2. The molecule has 1 saturated heterocycles. The highest BCUT2D eigenvalue weighted by atomic mass is 16.8. The molecule has 0 bridgehead atoms. The van der Waals surface area contributed by atoms with Crippen LogP contribution in [-0.4, -0.2) is 98.3 Å². The Bertz CT molecular complexity index is 1690. The van der Waals surface area contributed by atoms with Crippen LogP contribution in [0.1, 0.15) is 81.3 Å². The lowest BCUT2D eigenvalue weighted by Gasteiger charge is -2.59. The standard InChI is InChI=1S/C46H62N2O10/c1-4-24-53-35-20-21-40-38(30-35)43-36(18-10-13-23-50)34(17-9-12-22-49)29-37-39(47-58-42-19-11-14-26-54-42)31-41(46(57-40,44(37)43)56-25-5-2)48(3)45(51)55-28-27-52-32-33-15-7-6-8-16-33/h4-8,15-16,20-21,29-30,34,36,41-44,49-50H,1-2,9-14,17-19,22-28,31-32H2,3H3. The first-order valence-corrected chi connectivity index (χ1v) is 21.0. The van der Waals surface area contributed by atoms with E-state index >= 15 is 0 Å². The summed E-state index contributed by atoms with van der Waals surface area (Å²) in [6, 6.07) is 15.0. The predicted molar refractivity (Wildman–Crippen MR) is 221 cm³/mol. The third kappa shape index (κ3) is 10.3. The van der Waals surface area contributed by atoms with Crippen molar-refractivity contribution in [2.45, 2.75) is 94.9 Å². The normalized spacial score (nSPS) is 26.7. The molecule has 2 aliphatic heterocycles. The number of ether oxygens (including phenoxy) is 6. The molecule has 1 amide bonds. The van der Waals surface area contributed by atoms with Gasteiger partial charge in [-0.1, -0.05) is 73.1 Å². The molecule has 12 heteroatoms. The van der Waals surface area contributed by atoms with Crippen molar-refractivity contribution in [3.8, 4) is 11.5 Å². The Hall–Kier alpha value is -4.20. The molecule has 6 rings (SSSR count). The zero-order valence-electron chi connectivity index (χ0n) is 34.0. The highest BCUT2D eigenvalue weighted by molar-refractivity contribution is 6.02. The molecule has 4 aliphatic rings. The first kappa shape index (κ1) is 43.4. The minimum atomic E-state index is -1.38. The maximum Gasteiger partial charge on any atom is 0.410 e. The van der Waals surface area contributed by atoms with Gasteiger partial charge >= 0.3 is 6.09 Å². The van der Waals surface area contributed by atoms with Crippen LogP contribution in [0.15, 0.2) is 90.6 Å². The Balaban J connectivity index is 1.43. The van der Waals surface area contributed by atoms with Crippen LogP contribution in [-0.2, 0) is 30.4 Å². The van der Waals surface area contributed by atoms with Crippen molar-refractivity contribution in [2.75, 3.05) is 53.3 Å². The van der Waals surface area contributed by atoms with Gasteiger partial charge in [0.1, 0.15) is 30.8 Å². The number of allylic oxidation sites excluding steroid dienone is 1. The van der Waals surface area contributed by atoms with E-state index in [0.717, 1.165) is 61.6 Å². The van der Waals surface area contributed by atoms with E-state index in [1.807, 2.05) is 42.5 Å². The second-order valence-electron chi connectivity index (χ2n) is 15.5. The number of likely N-dealkylation sites (N-methyl/N-ethyl adjacent to an activating group) is 1. The Kier molecular flexibility index (Phi) is 16.2. The van der Waals surface area contributed by atoms with E-state index in [1.54, 1.807) is 24.1 Å². The van der Waals surface area contributed by atoms with Gasteiger partial charge in [0.05, 0.1) is 38.1 Å². The fourth-order valence-electron chi connectivity index (χ4n) is 9.07. The van der Waals surface area contributed by atoms with Crippen LogP contribution in [0.4, 0.5) is 4.79 Å². The summed E-state index contributed by atoms with van der Waals surface area (Å²) >= 11 is 0. The molecule has 0 spiro atoms. The quantitative estimate of drug-likeness (QED) is 0.0693. The molecule has 2 fully saturated rings. The summed E-state index contributed by atoms with van der Waals surface area (Å²) in [4.78, 5) is 21.8. The summed E-state index contributed by atoms with van der Waals surface area (Å²) < 4.78 is 37.8. The Morgan fingerprint density at radius 3 is 2.53 bits per heavy atom. The smallest absolute Gasteiger partial charge is 0.410 e. The van der Waals surface area contributed by atoms with E-state index in [1.165, 1.54) is 0 Å². The second kappa shape index (κ2) is 21.7. The van der Waals surface area contributed by atoms with Crippen molar-refractivity contribution in [1.29, 1.82) is 0 Å². The number of benzene rings is 2. The van der Waals surface area contributed by atoms with Crippen LogP contribution in [0.5, 0.6) is 11.5 Å². The molecule has 7 atom stereocenters. The largest absolute Gasteiger partial charge is 0.490 e. The van der Waals surface area contributed by atoms with Crippen LogP contribution >= 0.6 is 0 Å². The van der Waals surface area contributed by atoms with Crippen molar-refractivity contribution in [2.24, 2.45) is 22.9 Å². The minimum absolute atomic E-state index is 0.0587. The van der Waals surface area contributed by atoms with Gasteiger partial charge < -0.3 is 48.4 Å². The Labute approximate surface area is 343 Å². The lowest BCUT2D eigenvalue weighted by Crippen LogP contribution is -2.69. The van der Waals surface area contributed by atoms with Crippen LogP contribution in [0, 0.1) is 17.8 Å². The van der Waals surface area contributed by atoms with Gasteiger partial charge in [-0.15, -0.1) is 6.58 Å². The zero-order chi connectivity index (χ0) is 40.7. The van der Waals surface area contributed by atoms with E-state index in [0.29, 0.717) is 49.9 Å². The van der Waals surface area contributed by atoms with E-state index in [2.05, 4.69) is 25.3 Å². The number of oxime groups is 1. The Morgan fingerprint density at radius 1 is 1.00 bits per heavy atom. The predicted octanol–water partition coefficient (Wildman–Crippen LogP) is 7.70. The molecule has 2 aromatic carbocycles. The molecule has 1 saturated carbocycles. The van der Waals surface area contributed by atoms with E-state index in [9.17, 15) is 15.0 Å². The average molecular weight is 803 g/mol. The molecule has 7 unspecified atom stereocenters. The first-order chi connectivity index (χ1) is 28.4. The summed E-state index contributed by atoms with van der Waals surface area (Å²) in [6.07, 6.45) is 12.4. The summed E-state index contributed by atoms with van der Waals surface area (Å²) in [5.41, 5.74) is 3.67. The fraction of sp³-hybridized carbons (Fsp3) is 0.565. The molecule has 12 nitrogen and oxygen atoms in total. The van der Waals surface area contributed by atoms with Gasteiger partial charge in [0.15, 0.2) is 0 Å². The average Bonchev–Trinajstić information content (AvgIpc) is 3.25. The topological polar surface area (TPSA) is 138 Å². The molecule has 58 heavy (non-hydrogen) atoms. The number of unbranched alkanes of at least 4 members (excludes halogenated alkanes) is 2. The number of hydrogen-bond donors (Lipinski definition) is 2. The molecule has 2 aliphatic carbocycles. The van der Waals surface area contributed by atoms with E-state index < -0.39 is 30.1 Å². The summed E-state index contributed by atoms with van der Waals surface area (Å²) in [5, 5.41) is 24.6. The summed E-state index contributed by atoms with van der Waals surface area (Å²) in [5.74, 6) is -0.470. The van der Waals surface area contributed by atoms with Crippen LogP contribution < -0.4 is 9.47 Å². The van der Waals surface area contributed by atoms with Crippen molar-refractivity contribution in [3.05, 3.63) is 96.6 Å². The molecular formula is C46H62N2O10.